The number of hydrogen-bond acceptors (Lipinski definition) is 6. The minimum Gasteiger partial charge on any atom is -0.348 e. The second-order valence-electron chi connectivity index (χ2n) is 13.9. The van der Waals surface area contributed by atoms with E-state index in [2.05, 4.69) is 29.7 Å². The molecule has 0 amide bonds. The first kappa shape index (κ1) is 26.2. The molecule has 6 nitrogen and oxygen atoms in total. The highest BCUT2D eigenvalue weighted by Gasteiger charge is 2.53. The van der Waals surface area contributed by atoms with E-state index in [1.807, 2.05) is 12.2 Å². The average molecular weight is 543 g/mol. The number of carbonyl (C=O) groups excluding carboxylic acids is 4. The predicted octanol–water partition coefficient (Wildman–Crippen LogP) is 5.80. The molecule has 2 unspecified atom stereocenters. The van der Waals surface area contributed by atoms with Crippen LogP contribution < -0.4 is 0 Å². The molecule has 212 valence electrons. The first-order chi connectivity index (χ1) is 19.2. The van der Waals surface area contributed by atoms with E-state index >= 15 is 0 Å². The van der Waals surface area contributed by atoms with Crippen LogP contribution in [0.3, 0.4) is 0 Å². The fourth-order valence-electron chi connectivity index (χ4n) is 9.64. The van der Waals surface area contributed by atoms with Crippen LogP contribution in [0.25, 0.3) is 0 Å². The molecule has 0 bridgehead atoms. The maximum atomic E-state index is 12.2. The van der Waals surface area contributed by atoms with Crippen LogP contribution in [-0.4, -0.2) is 46.0 Å². The summed E-state index contributed by atoms with van der Waals surface area (Å²) in [6, 6.07) is 0. The van der Waals surface area contributed by atoms with Crippen molar-refractivity contribution in [2.75, 3.05) is 13.1 Å². The molecule has 4 aliphatic carbocycles. The Bertz CT molecular complexity index is 1320. The summed E-state index contributed by atoms with van der Waals surface area (Å²) in [6.45, 7) is 6.04. The van der Waals surface area contributed by atoms with Crippen molar-refractivity contribution in [2.45, 2.75) is 97.3 Å². The van der Waals surface area contributed by atoms with Crippen molar-refractivity contribution in [1.82, 2.24) is 9.80 Å². The quantitative estimate of drug-likeness (QED) is 0.385. The molecule has 8 rings (SSSR count). The third-order valence-electron chi connectivity index (χ3n) is 12.0. The van der Waals surface area contributed by atoms with Gasteiger partial charge in [-0.1, -0.05) is 19.9 Å². The fraction of sp³-hybridized carbons (Fsp3) is 0.647. The molecule has 3 fully saturated rings. The number of rotatable bonds is 0. The number of fused-ring (bicyclic) bond motifs is 9. The van der Waals surface area contributed by atoms with Gasteiger partial charge in [-0.2, -0.15) is 0 Å². The highest BCUT2D eigenvalue weighted by Crippen LogP contribution is 2.57. The molecule has 2 saturated carbocycles. The van der Waals surface area contributed by atoms with Crippen LogP contribution in [0.15, 0.2) is 46.6 Å². The number of carbonyl (C=O) groups is 4. The average Bonchev–Trinajstić information content (AvgIpc) is 3.43. The molecule has 1 saturated heterocycles. The third kappa shape index (κ3) is 3.88. The van der Waals surface area contributed by atoms with Gasteiger partial charge in [-0.25, -0.2) is 0 Å². The van der Waals surface area contributed by atoms with Gasteiger partial charge in [0.2, 0.25) is 0 Å². The SMILES string of the molecule is C[C@]12CC=C3[C@@H](CCC4=CC(=O)CCN43)C1CCC2=O.C[C@]12CCC3=C(CCC4=CC(=O)CCN43)C1CCC2=O. The van der Waals surface area contributed by atoms with Crippen LogP contribution in [0.1, 0.15) is 97.3 Å². The van der Waals surface area contributed by atoms with Gasteiger partial charge in [0.15, 0.2) is 11.6 Å². The maximum absolute atomic E-state index is 12.2. The predicted molar refractivity (Wildman–Crippen MR) is 151 cm³/mol. The number of ketones is 4. The fourth-order valence-corrected chi connectivity index (χ4v) is 9.64. The molecule has 0 N–H and O–H groups in total. The Hall–Kier alpha value is -2.76. The number of hydrogen-bond donors (Lipinski definition) is 0. The second kappa shape index (κ2) is 9.39. The highest BCUT2D eigenvalue weighted by atomic mass is 16.1. The van der Waals surface area contributed by atoms with Gasteiger partial charge in [0.05, 0.1) is 0 Å². The van der Waals surface area contributed by atoms with Crippen LogP contribution in [-0.2, 0) is 19.2 Å². The van der Waals surface area contributed by atoms with Gasteiger partial charge in [-0.05, 0) is 75.2 Å². The molecule has 0 aromatic rings. The van der Waals surface area contributed by atoms with Crippen LogP contribution in [0.2, 0.25) is 0 Å². The summed E-state index contributed by atoms with van der Waals surface area (Å²) < 4.78 is 0. The number of allylic oxidation sites excluding steroid dienone is 8. The molecule has 40 heavy (non-hydrogen) atoms. The van der Waals surface area contributed by atoms with E-state index in [0.29, 0.717) is 42.2 Å². The summed E-state index contributed by atoms with van der Waals surface area (Å²) >= 11 is 0. The van der Waals surface area contributed by atoms with Gasteiger partial charge >= 0.3 is 0 Å². The van der Waals surface area contributed by atoms with Crippen LogP contribution in [0.5, 0.6) is 0 Å². The zero-order valence-corrected chi connectivity index (χ0v) is 24.1. The van der Waals surface area contributed by atoms with Gasteiger partial charge in [0, 0.05) is 90.5 Å². The van der Waals surface area contributed by atoms with Gasteiger partial charge in [0.25, 0.3) is 0 Å². The summed E-state index contributed by atoms with van der Waals surface area (Å²) in [6.07, 6.45) is 17.9. The molecular weight excluding hydrogens is 500 g/mol. The zero-order chi connectivity index (χ0) is 27.8. The standard InChI is InChI=1S/2C17H21NO2/c2*1-17-8-6-15-13(14(17)4-5-16(17)20)3-2-11-10-12(19)7-9-18(11)15/h10,14H,2-9H2,1H3;6,10,13-14H,2-5,7-9H2,1H3/t14?,17-;13-,14?,17-/m00/s1. The topological polar surface area (TPSA) is 74.8 Å². The number of nitrogens with zero attached hydrogens (tertiary/aromatic N) is 2. The molecule has 4 heterocycles. The molecule has 4 aliphatic heterocycles. The Morgan fingerprint density at radius 3 is 2.15 bits per heavy atom. The summed E-state index contributed by atoms with van der Waals surface area (Å²) in [5, 5.41) is 0. The normalized spacial score (nSPS) is 38.1. The van der Waals surface area contributed by atoms with E-state index in [1.54, 1.807) is 0 Å². The van der Waals surface area contributed by atoms with Crippen molar-refractivity contribution in [2.24, 2.45) is 28.6 Å². The minimum atomic E-state index is -0.110. The number of Topliss-reactive ketones (excluding diaryl/α,β-unsaturated/α-hetero) is 2. The highest BCUT2D eigenvalue weighted by molar-refractivity contribution is 5.92. The molecule has 8 aliphatic rings. The van der Waals surface area contributed by atoms with Crippen LogP contribution >= 0.6 is 0 Å². The molecule has 0 aromatic heterocycles. The molecule has 0 aromatic carbocycles. The van der Waals surface area contributed by atoms with Gasteiger partial charge in [0.1, 0.15) is 11.6 Å². The van der Waals surface area contributed by atoms with E-state index in [0.717, 1.165) is 83.7 Å². The third-order valence-corrected chi connectivity index (χ3v) is 12.0. The second-order valence-corrected chi connectivity index (χ2v) is 13.9. The first-order valence-electron chi connectivity index (χ1n) is 15.7. The van der Waals surface area contributed by atoms with Crippen LogP contribution in [0.4, 0.5) is 0 Å². The van der Waals surface area contributed by atoms with Crippen molar-refractivity contribution in [3.05, 3.63) is 46.6 Å². The molecule has 5 atom stereocenters. The first-order valence-corrected chi connectivity index (χ1v) is 15.7. The van der Waals surface area contributed by atoms with Crippen molar-refractivity contribution < 1.29 is 19.2 Å². The lowest BCUT2D eigenvalue weighted by Gasteiger charge is -2.49. The summed E-state index contributed by atoms with van der Waals surface area (Å²) in [5.74, 6) is 3.01. The van der Waals surface area contributed by atoms with Crippen molar-refractivity contribution in [1.29, 1.82) is 0 Å². The van der Waals surface area contributed by atoms with Crippen molar-refractivity contribution in [3.8, 4) is 0 Å². The summed E-state index contributed by atoms with van der Waals surface area (Å²) in [7, 11) is 0. The van der Waals surface area contributed by atoms with E-state index in [9.17, 15) is 19.2 Å². The van der Waals surface area contributed by atoms with E-state index in [4.69, 9.17) is 0 Å². The Morgan fingerprint density at radius 2 is 1.38 bits per heavy atom. The van der Waals surface area contributed by atoms with E-state index in [1.165, 1.54) is 28.4 Å². The number of piperidine rings is 1. The van der Waals surface area contributed by atoms with E-state index < -0.39 is 0 Å². The van der Waals surface area contributed by atoms with E-state index in [-0.39, 0.29) is 22.4 Å². The van der Waals surface area contributed by atoms with Gasteiger partial charge in [-0.15, -0.1) is 0 Å². The lowest BCUT2D eigenvalue weighted by atomic mass is 9.63. The largest absolute Gasteiger partial charge is 0.348 e. The Morgan fingerprint density at radius 1 is 0.700 bits per heavy atom. The monoisotopic (exact) mass is 542 g/mol. The van der Waals surface area contributed by atoms with Crippen LogP contribution in [0, 0.1) is 28.6 Å². The summed E-state index contributed by atoms with van der Waals surface area (Å²) in [5.41, 5.74) is 6.62. The van der Waals surface area contributed by atoms with Crippen molar-refractivity contribution >= 4 is 23.1 Å². The molecular formula is C34H42N2O4. The zero-order valence-electron chi connectivity index (χ0n) is 24.1. The smallest absolute Gasteiger partial charge is 0.159 e. The maximum Gasteiger partial charge on any atom is 0.159 e. The molecule has 6 heteroatoms. The lowest BCUT2D eigenvalue weighted by Crippen LogP contribution is -2.45. The minimum absolute atomic E-state index is 0.0916. The summed E-state index contributed by atoms with van der Waals surface area (Å²) in [4.78, 5) is 52.4. The Balaban J connectivity index is 0.000000132. The lowest BCUT2D eigenvalue weighted by molar-refractivity contribution is -0.127. The van der Waals surface area contributed by atoms with Gasteiger partial charge in [-0.3, -0.25) is 19.2 Å². The molecule has 0 radical (unpaired) electrons. The Labute approximate surface area is 237 Å². The Kier molecular flexibility index (Phi) is 6.14. The molecule has 0 spiro atoms. The van der Waals surface area contributed by atoms with Gasteiger partial charge < -0.3 is 9.80 Å². The van der Waals surface area contributed by atoms with Crippen molar-refractivity contribution in [3.63, 3.8) is 0 Å².